The van der Waals surface area contributed by atoms with Crippen LogP contribution in [-0.4, -0.2) is 12.6 Å². The van der Waals surface area contributed by atoms with E-state index in [2.05, 4.69) is 4.74 Å². The van der Waals surface area contributed by atoms with Crippen LogP contribution in [0.2, 0.25) is 0 Å². The molecule has 90 valence electrons. The summed E-state index contributed by atoms with van der Waals surface area (Å²) in [7, 11) is 0. The van der Waals surface area contributed by atoms with Crippen molar-refractivity contribution in [3.63, 3.8) is 0 Å². The van der Waals surface area contributed by atoms with Gasteiger partial charge in [0.2, 0.25) is 0 Å². The number of nitriles is 1. The first-order valence-electron chi connectivity index (χ1n) is 4.69. The Labute approximate surface area is 95.4 Å². The first kappa shape index (κ1) is 13.0. The van der Waals surface area contributed by atoms with E-state index in [0.29, 0.717) is 0 Å². The Morgan fingerprint density at radius 1 is 1.53 bits per heavy atom. The first-order chi connectivity index (χ1) is 7.95. The van der Waals surface area contributed by atoms with E-state index in [1.807, 2.05) is 0 Å². The quantitative estimate of drug-likeness (QED) is 0.765. The zero-order valence-electron chi connectivity index (χ0n) is 8.84. The Morgan fingerprint density at radius 2 is 2.18 bits per heavy atom. The number of hydrogen-bond acceptors (Lipinski definition) is 3. The molecule has 0 aliphatic heterocycles. The normalized spacial score (nSPS) is 10.8. The molecule has 3 nitrogen and oxygen atoms in total. The van der Waals surface area contributed by atoms with Gasteiger partial charge in [-0.25, -0.2) is 9.18 Å². The number of esters is 1. The molecule has 0 aliphatic rings. The SMILES string of the molecule is CCOC(=O)C(F)(F)c1c(F)cccc1C#N. The maximum Gasteiger partial charge on any atom is 0.382 e. The van der Waals surface area contributed by atoms with Crippen LogP contribution >= 0.6 is 0 Å². The van der Waals surface area contributed by atoms with E-state index in [-0.39, 0.29) is 6.61 Å². The largest absolute Gasteiger partial charge is 0.461 e. The third-order valence-electron chi connectivity index (χ3n) is 1.98. The van der Waals surface area contributed by atoms with Crippen molar-refractivity contribution < 1.29 is 22.7 Å². The van der Waals surface area contributed by atoms with Gasteiger partial charge in [0.1, 0.15) is 5.82 Å². The summed E-state index contributed by atoms with van der Waals surface area (Å²) < 4.78 is 44.6. The molecule has 0 bridgehead atoms. The lowest BCUT2D eigenvalue weighted by atomic mass is 10.0. The molecule has 0 radical (unpaired) electrons. The predicted molar refractivity (Wildman–Crippen MR) is 51.6 cm³/mol. The third-order valence-corrected chi connectivity index (χ3v) is 1.98. The molecular weight excluding hydrogens is 235 g/mol. The maximum atomic E-state index is 13.6. The van der Waals surface area contributed by atoms with E-state index in [1.165, 1.54) is 13.0 Å². The molecule has 1 rings (SSSR count). The monoisotopic (exact) mass is 243 g/mol. The van der Waals surface area contributed by atoms with Gasteiger partial charge in [0.15, 0.2) is 0 Å². The topological polar surface area (TPSA) is 50.1 Å². The van der Waals surface area contributed by atoms with Crippen molar-refractivity contribution in [3.8, 4) is 6.07 Å². The molecular formula is C11H8F3NO2. The molecule has 0 saturated heterocycles. The number of hydrogen-bond donors (Lipinski definition) is 0. The number of alkyl halides is 2. The third kappa shape index (κ3) is 2.38. The minimum absolute atomic E-state index is 0.259. The average Bonchev–Trinajstić information content (AvgIpc) is 2.28. The molecule has 0 amide bonds. The zero-order chi connectivity index (χ0) is 13.1. The number of halogens is 3. The number of carbonyl (C=O) groups excluding carboxylic acids is 1. The van der Waals surface area contributed by atoms with Crippen molar-refractivity contribution in [3.05, 3.63) is 35.1 Å². The Balaban J connectivity index is 3.33. The summed E-state index contributed by atoms with van der Waals surface area (Å²) in [6.07, 6.45) is 0. The number of rotatable bonds is 3. The Kier molecular flexibility index (Phi) is 3.73. The Bertz CT molecular complexity index is 480. The second-order valence-corrected chi connectivity index (χ2v) is 3.07. The fraction of sp³-hybridized carbons (Fsp3) is 0.273. The molecule has 0 aromatic heterocycles. The van der Waals surface area contributed by atoms with Gasteiger partial charge < -0.3 is 4.74 Å². The zero-order valence-corrected chi connectivity index (χ0v) is 8.84. The van der Waals surface area contributed by atoms with E-state index in [1.54, 1.807) is 0 Å². The van der Waals surface area contributed by atoms with Crippen molar-refractivity contribution in [1.29, 1.82) is 5.26 Å². The van der Waals surface area contributed by atoms with Crippen LogP contribution in [0.15, 0.2) is 18.2 Å². The van der Waals surface area contributed by atoms with Crippen LogP contribution in [0, 0.1) is 17.1 Å². The second kappa shape index (κ2) is 4.87. The molecule has 0 fully saturated rings. The number of nitrogens with zero attached hydrogens (tertiary/aromatic N) is 1. The molecule has 1 aromatic rings. The van der Waals surface area contributed by atoms with Crippen LogP contribution in [0.4, 0.5) is 13.2 Å². The number of benzene rings is 1. The van der Waals surface area contributed by atoms with Crippen molar-refractivity contribution in [2.45, 2.75) is 12.8 Å². The lowest BCUT2D eigenvalue weighted by molar-refractivity contribution is -0.173. The van der Waals surface area contributed by atoms with Crippen LogP contribution in [0.3, 0.4) is 0 Å². The van der Waals surface area contributed by atoms with Crippen LogP contribution in [0.25, 0.3) is 0 Å². The van der Waals surface area contributed by atoms with Crippen molar-refractivity contribution in [2.24, 2.45) is 0 Å². The Morgan fingerprint density at radius 3 is 2.71 bits per heavy atom. The minimum Gasteiger partial charge on any atom is -0.461 e. The van der Waals surface area contributed by atoms with E-state index in [9.17, 15) is 18.0 Å². The summed E-state index contributed by atoms with van der Waals surface area (Å²) >= 11 is 0. The number of carbonyl (C=O) groups is 1. The van der Waals surface area contributed by atoms with E-state index in [0.717, 1.165) is 18.2 Å². The highest BCUT2D eigenvalue weighted by molar-refractivity contribution is 5.80. The van der Waals surface area contributed by atoms with Gasteiger partial charge in [0.25, 0.3) is 0 Å². The smallest absolute Gasteiger partial charge is 0.382 e. The lowest BCUT2D eigenvalue weighted by Gasteiger charge is -2.16. The minimum atomic E-state index is -4.17. The predicted octanol–water partition coefficient (Wildman–Crippen LogP) is 2.35. The summed E-state index contributed by atoms with van der Waals surface area (Å²) in [5.74, 6) is -7.37. The fourth-order valence-electron chi connectivity index (χ4n) is 1.26. The van der Waals surface area contributed by atoms with Gasteiger partial charge >= 0.3 is 11.9 Å². The van der Waals surface area contributed by atoms with E-state index < -0.39 is 28.8 Å². The standard InChI is InChI=1S/C11H8F3NO2/c1-2-17-10(16)11(13,14)9-7(6-15)4-3-5-8(9)12/h3-5H,2H2,1H3. The summed E-state index contributed by atoms with van der Waals surface area (Å²) in [4.78, 5) is 11.0. The summed E-state index contributed by atoms with van der Waals surface area (Å²) in [5, 5.41) is 8.62. The molecule has 1 aromatic carbocycles. The molecule has 0 unspecified atom stereocenters. The highest BCUT2D eigenvalue weighted by Gasteiger charge is 2.46. The van der Waals surface area contributed by atoms with Crippen LogP contribution in [0.1, 0.15) is 18.1 Å². The summed E-state index contributed by atoms with van der Waals surface area (Å²) in [6, 6.07) is 4.28. The van der Waals surface area contributed by atoms with Gasteiger partial charge in [-0.2, -0.15) is 14.0 Å². The highest BCUT2D eigenvalue weighted by atomic mass is 19.3. The van der Waals surface area contributed by atoms with Gasteiger partial charge in [-0.05, 0) is 19.1 Å². The second-order valence-electron chi connectivity index (χ2n) is 3.07. The van der Waals surface area contributed by atoms with Gasteiger partial charge in [-0.1, -0.05) is 6.07 Å². The first-order valence-corrected chi connectivity index (χ1v) is 4.69. The molecule has 0 N–H and O–H groups in total. The lowest BCUT2D eigenvalue weighted by Crippen LogP contribution is -2.30. The van der Waals surface area contributed by atoms with Crippen LogP contribution < -0.4 is 0 Å². The maximum absolute atomic E-state index is 13.6. The van der Waals surface area contributed by atoms with Crippen molar-refractivity contribution >= 4 is 5.97 Å². The Hall–Kier alpha value is -2.03. The molecule has 0 heterocycles. The van der Waals surface area contributed by atoms with Gasteiger partial charge in [-0.15, -0.1) is 0 Å². The fourth-order valence-corrected chi connectivity index (χ4v) is 1.26. The molecule has 0 saturated carbocycles. The highest BCUT2D eigenvalue weighted by Crippen LogP contribution is 2.33. The van der Waals surface area contributed by atoms with Gasteiger partial charge in [0, 0.05) is 0 Å². The van der Waals surface area contributed by atoms with Gasteiger partial charge in [0.05, 0.1) is 23.8 Å². The molecule has 6 heteroatoms. The average molecular weight is 243 g/mol. The molecule has 0 aliphatic carbocycles. The number of ether oxygens (including phenoxy) is 1. The van der Waals surface area contributed by atoms with Crippen LogP contribution in [0.5, 0.6) is 0 Å². The van der Waals surface area contributed by atoms with E-state index in [4.69, 9.17) is 5.26 Å². The molecule has 0 spiro atoms. The van der Waals surface area contributed by atoms with Crippen molar-refractivity contribution in [2.75, 3.05) is 6.61 Å². The van der Waals surface area contributed by atoms with Gasteiger partial charge in [-0.3, -0.25) is 0 Å². The van der Waals surface area contributed by atoms with Crippen LogP contribution in [-0.2, 0) is 15.5 Å². The molecule has 17 heavy (non-hydrogen) atoms. The molecule has 0 atom stereocenters. The van der Waals surface area contributed by atoms with Crippen molar-refractivity contribution in [1.82, 2.24) is 0 Å². The summed E-state index contributed by atoms with van der Waals surface area (Å²) in [5.41, 5.74) is -1.84. The summed E-state index contributed by atoms with van der Waals surface area (Å²) in [6.45, 7) is 1.09. The van der Waals surface area contributed by atoms with E-state index >= 15 is 0 Å².